The van der Waals surface area contributed by atoms with Crippen LogP contribution in [0, 0.1) is 5.82 Å². The van der Waals surface area contributed by atoms with Crippen LogP contribution in [0.3, 0.4) is 0 Å². The van der Waals surface area contributed by atoms with E-state index in [1.807, 2.05) is 0 Å². The van der Waals surface area contributed by atoms with Crippen molar-refractivity contribution in [2.75, 3.05) is 6.54 Å². The molecule has 2 heterocycles. The molecule has 3 aromatic rings. The Morgan fingerprint density at radius 1 is 1.24 bits per heavy atom. The molecule has 0 bridgehead atoms. The van der Waals surface area contributed by atoms with Crippen LogP contribution in [0.2, 0.25) is 10.2 Å². The van der Waals surface area contributed by atoms with Gasteiger partial charge in [-0.15, -0.1) is 0 Å². The average Bonchev–Trinajstić information content (AvgIpc) is 3.09. The van der Waals surface area contributed by atoms with Crippen LogP contribution >= 0.6 is 23.2 Å². The summed E-state index contributed by atoms with van der Waals surface area (Å²) in [5, 5.41) is 14.6. The molecule has 2 aromatic heterocycles. The number of rotatable bonds is 6. The van der Waals surface area contributed by atoms with E-state index in [-0.39, 0.29) is 44.4 Å². The zero-order valence-corrected chi connectivity index (χ0v) is 16.8. The monoisotopic (exact) mass is 458 g/mol. The van der Waals surface area contributed by atoms with Crippen molar-refractivity contribution in [3.05, 3.63) is 64.3 Å². The minimum Gasteiger partial charge on any atom is -0.465 e. The molecule has 0 saturated carbocycles. The van der Waals surface area contributed by atoms with Crippen molar-refractivity contribution in [2.24, 2.45) is 0 Å². The van der Waals surface area contributed by atoms with Crippen molar-refractivity contribution >= 4 is 39.1 Å². The van der Waals surface area contributed by atoms with Gasteiger partial charge in [0.1, 0.15) is 16.0 Å². The summed E-state index contributed by atoms with van der Waals surface area (Å²) in [7, 11) is -4.12. The Morgan fingerprint density at radius 3 is 2.66 bits per heavy atom. The number of sulfone groups is 1. The molecule has 0 unspecified atom stereocenters. The third kappa shape index (κ3) is 4.50. The first-order chi connectivity index (χ1) is 13.7. The average molecular weight is 459 g/mol. The van der Waals surface area contributed by atoms with E-state index in [2.05, 4.69) is 15.4 Å². The smallest absolute Gasteiger partial charge is 0.404 e. The van der Waals surface area contributed by atoms with E-state index < -0.39 is 21.7 Å². The number of aromatic nitrogens is 3. The minimum atomic E-state index is -4.12. The van der Waals surface area contributed by atoms with Gasteiger partial charge in [0.05, 0.1) is 16.3 Å². The van der Waals surface area contributed by atoms with E-state index in [1.165, 1.54) is 30.3 Å². The number of hydrogen-bond acceptors (Lipinski definition) is 5. The Morgan fingerprint density at radius 2 is 2.00 bits per heavy atom. The Labute approximate surface area is 174 Å². The van der Waals surface area contributed by atoms with Gasteiger partial charge >= 0.3 is 6.09 Å². The summed E-state index contributed by atoms with van der Waals surface area (Å²) in [6.45, 7) is 0.00518. The van der Waals surface area contributed by atoms with E-state index in [0.29, 0.717) is 0 Å². The van der Waals surface area contributed by atoms with Gasteiger partial charge in [-0.2, -0.15) is 5.10 Å². The fourth-order valence-electron chi connectivity index (χ4n) is 2.49. The second-order valence-electron chi connectivity index (χ2n) is 5.76. The lowest BCUT2D eigenvalue weighted by molar-refractivity contribution is 0.194. The third-order valence-electron chi connectivity index (χ3n) is 3.83. The van der Waals surface area contributed by atoms with Gasteiger partial charge in [-0.1, -0.05) is 29.3 Å². The highest BCUT2D eigenvalue weighted by atomic mass is 35.5. The lowest BCUT2D eigenvalue weighted by Gasteiger charge is -2.10. The van der Waals surface area contributed by atoms with Crippen LogP contribution in [0.4, 0.5) is 9.18 Å². The topological polar surface area (TPSA) is 114 Å². The van der Waals surface area contributed by atoms with E-state index in [1.54, 1.807) is 0 Å². The highest BCUT2D eigenvalue weighted by Gasteiger charge is 2.26. The van der Waals surface area contributed by atoms with Gasteiger partial charge in [0.15, 0.2) is 5.03 Å². The number of amides is 1. The van der Waals surface area contributed by atoms with Crippen molar-refractivity contribution in [3.8, 4) is 5.69 Å². The number of nitrogens with one attached hydrogen (secondary N) is 1. The molecule has 0 aliphatic heterocycles. The second kappa shape index (κ2) is 8.36. The zero-order chi connectivity index (χ0) is 21.2. The fourth-order valence-corrected chi connectivity index (χ4v) is 4.15. The number of nitrogens with zero attached hydrogens (tertiary/aromatic N) is 3. The summed E-state index contributed by atoms with van der Waals surface area (Å²) < 4.78 is 41.2. The summed E-state index contributed by atoms with van der Waals surface area (Å²) in [5.74, 6) is -0.745. The summed E-state index contributed by atoms with van der Waals surface area (Å²) in [4.78, 5) is 14.3. The highest BCUT2D eigenvalue weighted by Crippen LogP contribution is 2.29. The molecule has 1 amide bonds. The number of carboxylic acid groups (broad SMARTS) is 1. The maximum Gasteiger partial charge on any atom is 0.404 e. The molecular formula is C17H13Cl2FN4O4S. The lowest BCUT2D eigenvalue weighted by Crippen LogP contribution is -2.23. The van der Waals surface area contributed by atoms with Crippen LogP contribution in [0.25, 0.3) is 5.69 Å². The Balaban J connectivity index is 2.13. The first-order valence-electron chi connectivity index (χ1n) is 8.07. The normalized spacial score (nSPS) is 11.4. The SMILES string of the molecule is O=C(O)NCCc1cc(S(=O)(=O)c2ccc(Cl)nc2)n(-c2cccc(F)c2Cl)n1. The molecule has 152 valence electrons. The molecule has 8 nitrogen and oxygen atoms in total. The molecule has 3 rings (SSSR count). The summed E-state index contributed by atoms with van der Waals surface area (Å²) >= 11 is 11.7. The van der Waals surface area contributed by atoms with Gasteiger partial charge in [-0.25, -0.2) is 27.3 Å². The first kappa shape index (κ1) is 21.0. The fraction of sp³-hybridized carbons (Fsp3) is 0.118. The standard InChI is InChI=1S/C17H13Cl2FN4O4S/c18-14-5-4-11(9-22-14)29(27,28)15-8-10(6-7-21-17(25)26)23-24(15)13-3-1-2-12(20)16(13)19/h1-5,8-9,21H,6-7H2,(H,25,26). The molecule has 1 aromatic carbocycles. The number of halogens is 3. The van der Waals surface area contributed by atoms with Crippen molar-refractivity contribution < 1.29 is 22.7 Å². The molecule has 0 spiro atoms. The van der Waals surface area contributed by atoms with Crippen LogP contribution in [-0.4, -0.2) is 40.9 Å². The molecule has 12 heteroatoms. The van der Waals surface area contributed by atoms with E-state index in [9.17, 15) is 17.6 Å². The molecule has 0 saturated heterocycles. The van der Waals surface area contributed by atoms with Crippen molar-refractivity contribution in [2.45, 2.75) is 16.3 Å². The first-order valence-corrected chi connectivity index (χ1v) is 10.3. The maximum atomic E-state index is 13.9. The Hall–Kier alpha value is -2.69. The lowest BCUT2D eigenvalue weighted by atomic mass is 10.3. The summed E-state index contributed by atoms with van der Waals surface area (Å²) in [5.41, 5.74) is 0.282. The minimum absolute atomic E-state index is 0.00518. The summed E-state index contributed by atoms with van der Waals surface area (Å²) in [6, 6.07) is 7.78. The van der Waals surface area contributed by atoms with Gasteiger partial charge < -0.3 is 10.4 Å². The van der Waals surface area contributed by atoms with Crippen LogP contribution < -0.4 is 5.32 Å². The Kier molecular flexibility index (Phi) is 6.06. The van der Waals surface area contributed by atoms with Gasteiger partial charge in [0, 0.05) is 19.2 Å². The number of benzene rings is 1. The van der Waals surface area contributed by atoms with Gasteiger partial charge in [0.25, 0.3) is 0 Å². The van der Waals surface area contributed by atoms with E-state index >= 15 is 0 Å². The highest BCUT2D eigenvalue weighted by molar-refractivity contribution is 7.91. The van der Waals surface area contributed by atoms with Gasteiger partial charge in [0.2, 0.25) is 9.84 Å². The van der Waals surface area contributed by atoms with Gasteiger partial charge in [-0.05, 0) is 30.3 Å². The van der Waals surface area contributed by atoms with E-state index in [4.69, 9.17) is 28.3 Å². The molecule has 0 aliphatic rings. The predicted octanol–water partition coefficient (Wildman–Crippen LogP) is 3.36. The molecule has 2 N–H and O–H groups in total. The van der Waals surface area contributed by atoms with Crippen LogP contribution in [0.5, 0.6) is 0 Å². The maximum absolute atomic E-state index is 13.9. The zero-order valence-electron chi connectivity index (χ0n) is 14.5. The van der Waals surface area contributed by atoms with Crippen LogP contribution in [0.1, 0.15) is 5.69 Å². The molecule has 0 aliphatic carbocycles. The van der Waals surface area contributed by atoms with Crippen LogP contribution in [0.15, 0.2) is 52.5 Å². The quantitative estimate of drug-likeness (QED) is 0.547. The number of hydrogen-bond donors (Lipinski definition) is 2. The molecule has 0 radical (unpaired) electrons. The van der Waals surface area contributed by atoms with Gasteiger partial charge in [-0.3, -0.25) is 0 Å². The number of pyridine rings is 1. The second-order valence-corrected chi connectivity index (χ2v) is 8.42. The molecule has 0 fully saturated rings. The van der Waals surface area contributed by atoms with Crippen molar-refractivity contribution in [3.63, 3.8) is 0 Å². The van der Waals surface area contributed by atoms with Crippen molar-refractivity contribution in [1.29, 1.82) is 0 Å². The summed E-state index contributed by atoms with van der Waals surface area (Å²) in [6.07, 6.45) is -0.0285. The predicted molar refractivity (Wildman–Crippen MR) is 103 cm³/mol. The third-order valence-corrected chi connectivity index (χ3v) is 6.13. The largest absolute Gasteiger partial charge is 0.465 e. The Bertz CT molecular complexity index is 1170. The molecule has 0 atom stereocenters. The van der Waals surface area contributed by atoms with Crippen molar-refractivity contribution in [1.82, 2.24) is 20.1 Å². The molecule has 29 heavy (non-hydrogen) atoms. The molecular weight excluding hydrogens is 446 g/mol. The van der Waals surface area contributed by atoms with Crippen LogP contribution in [-0.2, 0) is 16.3 Å². The number of carbonyl (C=O) groups is 1. The van der Waals surface area contributed by atoms with E-state index in [0.717, 1.165) is 16.9 Å².